The second kappa shape index (κ2) is 6.90. The number of carbonyl (C=O) groups is 1. The Balaban J connectivity index is 1.69. The molecule has 0 amide bonds. The maximum absolute atomic E-state index is 12.8. The van der Waals surface area contributed by atoms with Gasteiger partial charge in [0.25, 0.3) is 0 Å². The van der Waals surface area contributed by atoms with E-state index in [0.717, 1.165) is 30.7 Å². The Kier molecular flexibility index (Phi) is 4.83. The van der Waals surface area contributed by atoms with Gasteiger partial charge in [-0.2, -0.15) is 13.2 Å². The molecule has 1 fully saturated rings. The van der Waals surface area contributed by atoms with E-state index in [0.29, 0.717) is 36.2 Å². The van der Waals surface area contributed by atoms with Crippen LogP contribution in [0.15, 0.2) is 30.5 Å². The zero-order chi connectivity index (χ0) is 18.0. The third-order valence-corrected chi connectivity index (χ3v) is 4.85. The van der Waals surface area contributed by atoms with Gasteiger partial charge in [-0.1, -0.05) is 6.07 Å². The third-order valence-electron chi connectivity index (χ3n) is 4.85. The molecule has 4 nitrogen and oxygen atoms in total. The van der Waals surface area contributed by atoms with Crippen LogP contribution in [0.2, 0.25) is 0 Å². The zero-order valence-corrected chi connectivity index (χ0v) is 13.5. The van der Waals surface area contributed by atoms with E-state index in [2.05, 4.69) is 10.3 Å². The summed E-state index contributed by atoms with van der Waals surface area (Å²) in [5, 5.41) is 13.0. The maximum Gasteiger partial charge on any atom is 0.416 e. The highest BCUT2D eigenvalue weighted by Crippen LogP contribution is 2.33. The van der Waals surface area contributed by atoms with Crippen molar-refractivity contribution in [1.29, 1.82) is 0 Å². The number of carboxylic acids is 1. The highest BCUT2D eigenvalue weighted by atomic mass is 19.4. The number of halogens is 3. The van der Waals surface area contributed by atoms with E-state index in [9.17, 15) is 18.0 Å². The van der Waals surface area contributed by atoms with Gasteiger partial charge in [-0.3, -0.25) is 9.78 Å². The summed E-state index contributed by atoms with van der Waals surface area (Å²) in [5.41, 5.74) is 0.338. The first-order chi connectivity index (χ1) is 11.8. The van der Waals surface area contributed by atoms with Crippen LogP contribution in [0.5, 0.6) is 0 Å². The summed E-state index contributed by atoms with van der Waals surface area (Å²) in [6.45, 7) is 0.673. The first kappa shape index (κ1) is 17.5. The summed E-state index contributed by atoms with van der Waals surface area (Å²) < 4.78 is 38.4. The number of anilines is 1. The molecule has 7 heteroatoms. The van der Waals surface area contributed by atoms with Gasteiger partial charge >= 0.3 is 12.1 Å². The minimum Gasteiger partial charge on any atom is -0.481 e. The standard InChI is InChI=1S/C18H19F3N2O2/c19-18(20,21)13-5-6-14-15(7-8-22-16(14)9-13)23-10-11-1-3-12(4-2-11)17(24)25/h5-9,11-12H,1-4,10H2,(H,22,23)(H,24,25)/t11-,12-. The fourth-order valence-corrected chi connectivity index (χ4v) is 3.35. The second-order valence-corrected chi connectivity index (χ2v) is 6.52. The van der Waals surface area contributed by atoms with E-state index in [1.807, 2.05) is 0 Å². The van der Waals surface area contributed by atoms with Crippen molar-refractivity contribution in [2.75, 3.05) is 11.9 Å². The average Bonchev–Trinajstić information content (AvgIpc) is 2.59. The molecule has 0 spiro atoms. The molecular weight excluding hydrogens is 333 g/mol. The van der Waals surface area contributed by atoms with E-state index >= 15 is 0 Å². The molecule has 1 aliphatic rings. The number of alkyl halides is 3. The van der Waals surface area contributed by atoms with Crippen molar-refractivity contribution < 1.29 is 23.1 Å². The van der Waals surface area contributed by atoms with Crippen LogP contribution in [-0.4, -0.2) is 22.6 Å². The minimum atomic E-state index is -4.39. The van der Waals surface area contributed by atoms with Gasteiger partial charge in [0.15, 0.2) is 0 Å². The van der Waals surface area contributed by atoms with Crippen molar-refractivity contribution in [2.45, 2.75) is 31.9 Å². The minimum absolute atomic E-state index is 0.251. The lowest BCUT2D eigenvalue weighted by molar-refractivity contribution is -0.143. The van der Waals surface area contributed by atoms with Gasteiger partial charge in [0.2, 0.25) is 0 Å². The number of hydrogen-bond donors (Lipinski definition) is 2. The molecule has 25 heavy (non-hydrogen) atoms. The molecule has 1 saturated carbocycles. The Labute approximate surface area is 143 Å². The molecule has 0 aliphatic heterocycles. The van der Waals surface area contributed by atoms with Crippen molar-refractivity contribution in [3.63, 3.8) is 0 Å². The number of fused-ring (bicyclic) bond motifs is 1. The summed E-state index contributed by atoms with van der Waals surface area (Å²) in [4.78, 5) is 15.0. The SMILES string of the molecule is O=C(O)[C@H]1CC[C@H](CNc2ccnc3cc(C(F)(F)F)ccc23)CC1. The largest absolute Gasteiger partial charge is 0.481 e. The third kappa shape index (κ3) is 4.03. The van der Waals surface area contributed by atoms with Crippen LogP contribution < -0.4 is 5.32 Å². The smallest absolute Gasteiger partial charge is 0.416 e. The molecule has 1 aromatic carbocycles. The van der Waals surface area contributed by atoms with Crippen molar-refractivity contribution in [2.24, 2.45) is 11.8 Å². The fourth-order valence-electron chi connectivity index (χ4n) is 3.35. The first-order valence-corrected chi connectivity index (χ1v) is 8.27. The van der Waals surface area contributed by atoms with Gasteiger partial charge in [-0.05, 0) is 49.8 Å². The molecule has 0 bridgehead atoms. The topological polar surface area (TPSA) is 62.2 Å². The molecule has 2 N–H and O–H groups in total. The first-order valence-electron chi connectivity index (χ1n) is 8.27. The van der Waals surface area contributed by atoms with Gasteiger partial charge in [-0.25, -0.2) is 0 Å². The van der Waals surface area contributed by atoms with Gasteiger partial charge in [-0.15, -0.1) is 0 Å². The Morgan fingerprint density at radius 3 is 2.56 bits per heavy atom. The highest BCUT2D eigenvalue weighted by Gasteiger charge is 2.30. The average molecular weight is 352 g/mol. The van der Waals surface area contributed by atoms with Gasteiger partial charge in [0.1, 0.15) is 0 Å². The van der Waals surface area contributed by atoms with Crippen molar-refractivity contribution >= 4 is 22.6 Å². The Hall–Kier alpha value is -2.31. The number of benzene rings is 1. The van der Waals surface area contributed by atoms with Gasteiger partial charge in [0.05, 0.1) is 17.0 Å². The molecule has 3 rings (SSSR count). The van der Waals surface area contributed by atoms with Crippen LogP contribution in [0.25, 0.3) is 10.9 Å². The number of nitrogens with zero attached hydrogens (tertiary/aromatic N) is 1. The number of pyridine rings is 1. The Morgan fingerprint density at radius 2 is 1.92 bits per heavy atom. The number of carboxylic acid groups (broad SMARTS) is 1. The highest BCUT2D eigenvalue weighted by molar-refractivity contribution is 5.91. The fraction of sp³-hybridized carbons (Fsp3) is 0.444. The normalized spacial score (nSPS) is 21.2. The summed E-state index contributed by atoms with van der Waals surface area (Å²) in [7, 11) is 0. The summed E-state index contributed by atoms with van der Waals surface area (Å²) >= 11 is 0. The molecule has 134 valence electrons. The molecule has 2 aromatic rings. The van der Waals surface area contributed by atoms with Crippen LogP contribution in [0, 0.1) is 11.8 Å². The molecule has 1 heterocycles. The van der Waals surface area contributed by atoms with E-state index < -0.39 is 17.7 Å². The van der Waals surface area contributed by atoms with Crippen LogP contribution in [-0.2, 0) is 11.0 Å². The van der Waals surface area contributed by atoms with Crippen LogP contribution >= 0.6 is 0 Å². The van der Waals surface area contributed by atoms with Crippen LogP contribution in [0.3, 0.4) is 0 Å². The summed E-state index contributed by atoms with van der Waals surface area (Å²) in [6.07, 6.45) is 0.131. The Morgan fingerprint density at radius 1 is 1.20 bits per heavy atom. The molecule has 0 atom stereocenters. The molecule has 1 aliphatic carbocycles. The van der Waals surface area contributed by atoms with E-state index in [-0.39, 0.29) is 5.92 Å². The number of aromatic nitrogens is 1. The zero-order valence-electron chi connectivity index (χ0n) is 13.5. The molecule has 1 aromatic heterocycles. The number of hydrogen-bond acceptors (Lipinski definition) is 3. The predicted octanol–water partition coefficient (Wildman–Crippen LogP) is 4.56. The van der Waals surface area contributed by atoms with Crippen molar-refractivity contribution in [3.8, 4) is 0 Å². The predicted molar refractivity (Wildman–Crippen MR) is 88.3 cm³/mol. The number of aliphatic carboxylic acids is 1. The number of nitrogens with one attached hydrogen (secondary N) is 1. The molecule has 0 radical (unpaired) electrons. The molecule has 0 saturated heterocycles. The summed E-state index contributed by atoms with van der Waals surface area (Å²) in [5.74, 6) is -0.612. The van der Waals surface area contributed by atoms with E-state index in [1.54, 1.807) is 6.07 Å². The molecule has 0 unspecified atom stereocenters. The van der Waals surface area contributed by atoms with E-state index in [4.69, 9.17) is 5.11 Å². The lowest BCUT2D eigenvalue weighted by Crippen LogP contribution is -2.25. The van der Waals surface area contributed by atoms with Crippen LogP contribution in [0.4, 0.5) is 18.9 Å². The van der Waals surface area contributed by atoms with Crippen molar-refractivity contribution in [1.82, 2.24) is 4.98 Å². The molecular formula is C18H19F3N2O2. The maximum atomic E-state index is 12.8. The quantitative estimate of drug-likeness (QED) is 0.847. The van der Waals surface area contributed by atoms with Crippen LogP contribution in [0.1, 0.15) is 31.2 Å². The Bertz CT molecular complexity index is 768. The van der Waals surface area contributed by atoms with Crippen molar-refractivity contribution in [3.05, 3.63) is 36.0 Å². The van der Waals surface area contributed by atoms with E-state index in [1.165, 1.54) is 12.3 Å². The number of rotatable bonds is 4. The lowest BCUT2D eigenvalue weighted by atomic mass is 9.82. The summed E-state index contributed by atoms with van der Waals surface area (Å²) in [6, 6.07) is 5.30. The lowest BCUT2D eigenvalue weighted by Gasteiger charge is -2.26. The van der Waals surface area contributed by atoms with Gasteiger partial charge in [0, 0.05) is 23.8 Å². The van der Waals surface area contributed by atoms with Gasteiger partial charge < -0.3 is 10.4 Å². The second-order valence-electron chi connectivity index (χ2n) is 6.52. The monoisotopic (exact) mass is 352 g/mol.